The highest BCUT2D eigenvalue weighted by Crippen LogP contribution is 2.32. The lowest BCUT2D eigenvalue weighted by Crippen LogP contribution is -2.18. The molecule has 0 aliphatic heterocycles. The van der Waals surface area contributed by atoms with Crippen molar-refractivity contribution >= 4 is 39.0 Å². The summed E-state index contributed by atoms with van der Waals surface area (Å²) >= 11 is 3.48. The number of amides is 1. The van der Waals surface area contributed by atoms with Crippen LogP contribution in [-0.4, -0.2) is 31.3 Å². The summed E-state index contributed by atoms with van der Waals surface area (Å²) in [6.07, 6.45) is 1.55. The molecule has 0 saturated heterocycles. The monoisotopic (exact) mass is 489 g/mol. The van der Waals surface area contributed by atoms with E-state index in [4.69, 9.17) is 14.5 Å². The Morgan fingerprint density at radius 2 is 1.66 bits per heavy atom. The number of nitrogens with one attached hydrogen (secondary N) is 1. The van der Waals surface area contributed by atoms with Crippen LogP contribution in [0.5, 0.6) is 11.5 Å². The lowest BCUT2D eigenvalue weighted by Gasteiger charge is -2.10. The van der Waals surface area contributed by atoms with Crippen molar-refractivity contribution in [2.45, 2.75) is 0 Å². The number of carbonyl (C=O) groups is 1. The molecule has 32 heavy (non-hydrogen) atoms. The minimum absolute atomic E-state index is 0.325. The van der Waals surface area contributed by atoms with Gasteiger partial charge < -0.3 is 9.47 Å². The summed E-state index contributed by atoms with van der Waals surface area (Å²) in [5.41, 5.74) is 6.25. The number of fused-ring (bicyclic) bond motifs is 1. The Balaban J connectivity index is 1.65. The minimum atomic E-state index is -0.325. The van der Waals surface area contributed by atoms with Crippen molar-refractivity contribution < 1.29 is 14.3 Å². The Bertz CT molecular complexity index is 1310. The molecule has 0 unspecified atom stereocenters. The van der Waals surface area contributed by atoms with E-state index in [9.17, 15) is 4.79 Å². The zero-order valence-corrected chi connectivity index (χ0v) is 19.1. The number of halogens is 1. The Kier molecular flexibility index (Phi) is 6.47. The predicted molar refractivity (Wildman–Crippen MR) is 129 cm³/mol. The van der Waals surface area contributed by atoms with Crippen LogP contribution < -0.4 is 14.9 Å². The number of pyridine rings is 1. The second-order valence-corrected chi connectivity index (χ2v) is 7.72. The van der Waals surface area contributed by atoms with Crippen LogP contribution >= 0.6 is 15.9 Å². The van der Waals surface area contributed by atoms with Gasteiger partial charge in [-0.15, -0.1) is 0 Å². The first-order valence-corrected chi connectivity index (χ1v) is 10.6. The maximum absolute atomic E-state index is 13.0. The van der Waals surface area contributed by atoms with E-state index in [-0.39, 0.29) is 5.91 Å². The van der Waals surface area contributed by atoms with Gasteiger partial charge in [0, 0.05) is 21.0 Å². The van der Waals surface area contributed by atoms with Crippen molar-refractivity contribution in [1.82, 2.24) is 10.4 Å². The van der Waals surface area contributed by atoms with Gasteiger partial charge in [-0.1, -0.05) is 48.5 Å². The van der Waals surface area contributed by atoms with Gasteiger partial charge in [0.2, 0.25) is 0 Å². The van der Waals surface area contributed by atoms with Gasteiger partial charge in [-0.05, 0) is 40.2 Å². The van der Waals surface area contributed by atoms with Crippen molar-refractivity contribution in [3.8, 4) is 22.8 Å². The number of methoxy groups -OCH3 is 2. The molecule has 1 heterocycles. The molecule has 0 bridgehead atoms. The topological polar surface area (TPSA) is 72.8 Å². The van der Waals surface area contributed by atoms with Crippen LogP contribution in [0.4, 0.5) is 0 Å². The molecular weight excluding hydrogens is 470 g/mol. The number of hydrogen-bond donors (Lipinski definition) is 1. The van der Waals surface area contributed by atoms with Crippen LogP contribution in [0.15, 0.2) is 82.4 Å². The number of para-hydroxylation sites is 1. The van der Waals surface area contributed by atoms with Gasteiger partial charge in [0.1, 0.15) is 0 Å². The first kappa shape index (κ1) is 21.5. The number of nitrogens with zero attached hydrogens (tertiary/aromatic N) is 2. The van der Waals surface area contributed by atoms with E-state index in [0.717, 1.165) is 32.2 Å². The number of hydrazone groups is 1. The molecule has 3 aromatic carbocycles. The van der Waals surface area contributed by atoms with Crippen molar-refractivity contribution in [3.05, 3.63) is 88.4 Å². The normalized spacial score (nSPS) is 11.0. The Morgan fingerprint density at radius 1 is 0.969 bits per heavy atom. The third kappa shape index (κ3) is 4.48. The lowest BCUT2D eigenvalue weighted by molar-refractivity contribution is 0.0956. The summed E-state index contributed by atoms with van der Waals surface area (Å²) in [5, 5.41) is 4.90. The van der Waals surface area contributed by atoms with Crippen molar-refractivity contribution in [2.75, 3.05) is 14.2 Å². The first-order valence-electron chi connectivity index (χ1n) is 9.81. The fraction of sp³-hybridized carbons (Fsp3) is 0.0800. The number of carbonyl (C=O) groups excluding carboxylic acids is 1. The standard InChI is InChI=1S/C25H20BrN3O3/c1-31-23-12-17(20(26)14-24(23)32-2)15-27-29-25(30)19-13-22(16-8-4-3-5-9-16)28-21-11-7-6-10-18(19)21/h3-15H,1-2H3,(H,29,30)/b27-15+. The van der Waals surface area contributed by atoms with Crippen LogP contribution in [0.2, 0.25) is 0 Å². The second-order valence-electron chi connectivity index (χ2n) is 6.87. The zero-order valence-electron chi connectivity index (χ0n) is 17.5. The smallest absolute Gasteiger partial charge is 0.272 e. The molecule has 0 spiro atoms. The molecule has 6 nitrogen and oxygen atoms in total. The first-order chi connectivity index (χ1) is 15.6. The Hall–Kier alpha value is -3.71. The molecule has 0 saturated carbocycles. The van der Waals surface area contributed by atoms with Crippen LogP contribution in [0.3, 0.4) is 0 Å². The van der Waals surface area contributed by atoms with Gasteiger partial charge in [-0.2, -0.15) is 5.10 Å². The molecule has 0 radical (unpaired) electrons. The quantitative estimate of drug-likeness (QED) is 0.289. The predicted octanol–water partition coefficient (Wildman–Crippen LogP) is 5.45. The summed E-state index contributed by atoms with van der Waals surface area (Å²) < 4.78 is 11.4. The summed E-state index contributed by atoms with van der Waals surface area (Å²) in [7, 11) is 3.13. The van der Waals surface area contributed by atoms with Gasteiger partial charge in [-0.3, -0.25) is 4.79 Å². The average molecular weight is 490 g/mol. The molecule has 0 atom stereocenters. The number of benzene rings is 3. The van der Waals surface area contributed by atoms with Crippen LogP contribution in [-0.2, 0) is 0 Å². The maximum Gasteiger partial charge on any atom is 0.272 e. The fourth-order valence-corrected chi connectivity index (χ4v) is 3.73. The second kappa shape index (κ2) is 9.62. The molecule has 160 valence electrons. The van der Waals surface area contributed by atoms with Gasteiger partial charge in [0.25, 0.3) is 5.91 Å². The summed E-state index contributed by atoms with van der Waals surface area (Å²) in [5.74, 6) is 0.835. The highest BCUT2D eigenvalue weighted by atomic mass is 79.9. The van der Waals surface area contributed by atoms with Gasteiger partial charge in [0.05, 0.1) is 37.2 Å². The fourth-order valence-electron chi connectivity index (χ4n) is 3.31. The van der Waals surface area contributed by atoms with E-state index in [1.54, 1.807) is 38.6 Å². The van der Waals surface area contributed by atoms with E-state index in [1.807, 2.05) is 54.6 Å². The van der Waals surface area contributed by atoms with E-state index in [1.165, 1.54) is 0 Å². The number of rotatable bonds is 6. The SMILES string of the molecule is COc1cc(Br)c(/C=N/NC(=O)c2cc(-c3ccccc3)nc3ccccc23)cc1OC. The van der Waals surface area contributed by atoms with E-state index in [2.05, 4.69) is 26.5 Å². The highest BCUT2D eigenvalue weighted by molar-refractivity contribution is 9.10. The molecule has 1 amide bonds. The van der Waals surface area contributed by atoms with E-state index >= 15 is 0 Å². The summed E-state index contributed by atoms with van der Waals surface area (Å²) in [6, 6.07) is 22.6. The van der Waals surface area contributed by atoms with Crippen LogP contribution in [0.25, 0.3) is 22.2 Å². The molecule has 1 N–H and O–H groups in total. The molecule has 4 rings (SSSR count). The largest absolute Gasteiger partial charge is 0.493 e. The van der Waals surface area contributed by atoms with Crippen molar-refractivity contribution in [2.24, 2.45) is 5.10 Å². The zero-order chi connectivity index (χ0) is 22.5. The average Bonchev–Trinajstić information content (AvgIpc) is 2.84. The van der Waals surface area contributed by atoms with E-state index in [0.29, 0.717) is 17.1 Å². The molecule has 0 fully saturated rings. The third-order valence-corrected chi connectivity index (χ3v) is 5.59. The minimum Gasteiger partial charge on any atom is -0.493 e. The van der Waals surface area contributed by atoms with Gasteiger partial charge in [0.15, 0.2) is 11.5 Å². The molecule has 4 aromatic rings. The summed E-state index contributed by atoms with van der Waals surface area (Å²) in [6.45, 7) is 0. The molecular formula is C25H20BrN3O3. The van der Waals surface area contributed by atoms with Crippen molar-refractivity contribution in [1.29, 1.82) is 0 Å². The van der Waals surface area contributed by atoms with Crippen LogP contribution in [0.1, 0.15) is 15.9 Å². The van der Waals surface area contributed by atoms with E-state index < -0.39 is 0 Å². The number of hydrogen-bond acceptors (Lipinski definition) is 5. The molecule has 0 aliphatic carbocycles. The van der Waals surface area contributed by atoms with Crippen molar-refractivity contribution in [3.63, 3.8) is 0 Å². The van der Waals surface area contributed by atoms with Crippen LogP contribution in [0, 0.1) is 0 Å². The summed E-state index contributed by atoms with van der Waals surface area (Å²) in [4.78, 5) is 17.7. The third-order valence-electron chi connectivity index (χ3n) is 4.90. The highest BCUT2D eigenvalue weighted by Gasteiger charge is 2.14. The number of ether oxygens (including phenoxy) is 2. The lowest BCUT2D eigenvalue weighted by atomic mass is 10.0. The molecule has 7 heteroatoms. The van der Waals surface area contributed by atoms with Gasteiger partial charge in [-0.25, -0.2) is 10.4 Å². The Labute approximate surface area is 194 Å². The maximum atomic E-state index is 13.0. The molecule has 0 aliphatic rings. The Morgan fingerprint density at radius 3 is 2.41 bits per heavy atom. The molecule has 1 aromatic heterocycles. The van der Waals surface area contributed by atoms with Gasteiger partial charge >= 0.3 is 0 Å². The number of aromatic nitrogens is 1.